The molecule has 2 nitrogen and oxygen atoms in total. The van der Waals surface area contributed by atoms with Gasteiger partial charge in [0.05, 0.1) is 12.4 Å². The van der Waals surface area contributed by atoms with E-state index in [2.05, 4.69) is 29.3 Å². The molecule has 23 heavy (non-hydrogen) atoms. The summed E-state index contributed by atoms with van der Waals surface area (Å²) in [5.74, 6) is -1.17. The zero-order valence-corrected chi connectivity index (χ0v) is 13.4. The number of nitrogens with zero attached hydrogens (tertiary/aromatic N) is 2. The van der Waals surface area contributed by atoms with Crippen molar-refractivity contribution in [2.24, 2.45) is 10.2 Å². The summed E-state index contributed by atoms with van der Waals surface area (Å²) in [6, 6.07) is 10.6. The highest BCUT2D eigenvalue weighted by Crippen LogP contribution is 2.13. The molecule has 0 heterocycles. The lowest BCUT2D eigenvalue weighted by atomic mass is 10.1. The second-order valence-corrected chi connectivity index (χ2v) is 5.44. The highest BCUT2D eigenvalue weighted by molar-refractivity contribution is 5.82. The topological polar surface area (TPSA) is 24.7 Å². The summed E-state index contributed by atoms with van der Waals surface area (Å²) >= 11 is 0. The van der Waals surface area contributed by atoms with Gasteiger partial charge in [-0.15, -0.1) is 0 Å². The van der Waals surface area contributed by atoms with E-state index in [1.165, 1.54) is 43.7 Å². The Morgan fingerprint density at radius 2 is 1.48 bits per heavy atom. The van der Waals surface area contributed by atoms with E-state index in [1.54, 1.807) is 6.21 Å². The van der Waals surface area contributed by atoms with Gasteiger partial charge >= 0.3 is 0 Å². The maximum Gasteiger partial charge on any atom is 0.129 e. The van der Waals surface area contributed by atoms with Crippen LogP contribution < -0.4 is 0 Å². The fraction of sp³-hybridized carbons (Fsp3) is 0.263. The van der Waals surface area contributed by atoms with Crippen molar-refractivity contribution in [2.75, 3.05) is 0 Å². The Balaban J connectivity index is 1.98. The first kappa shape index (κ1) is 17.0. The van der Waals surface area contributed by atoms with Crippen LogP contribution >= 0.6 is 0 Å². The number of rotatable bonds is 6. The molecule has 4 heteroatoms. The highest BCUT2D eigenvalue weighted by Gasteiger charge is 2.04. The number of benzene rings is 2. The molecule has 0 saturated heterocycles. The first-order chi connectivity index (χ1) is 11.1. The molecule has 0 saturated carbocycles. The van der Waals surface area contributed by atoms with E-state index in [0.29, 0.717) is 5.56 Å². The van der Waals surface area contributed by atoms with E-state index in [9.17, 15) is 8.78 Å². The van der Waals surface area contributed by atoms with Crippen LogP contribution in [0.25, 0.3) is 0 Å². The lowest BCUT2D eigenvalue weighted by Crippen LogP contribution is -1.92. The number of halogens is 2. The smallest absolute Gasteiger partial charge is 0.129 e. The largest absolute Gasteiger partial charge is 0.207 e. The normalized spacial score (nSPS) is 11.7. The van der Waals surface area contributed by atoms with Crippen molar-refractivity contribution in [1.29, 1.82) is 0 Å². The number of unbranched alkanes of at least 4 members (excludes halogenated alkanes) is 1. The molecule has 0 radical (unpaired) electrons. The van der Waals surface area contributed by atoms with Gasteiger partial charge in [0.1, 0.15) is 11.6 Å². The molecule has 0 aliphatic heterocycles. The van der Waals surface area contributed by atoms with Gasteiger partial charge in [0.15, 0.2) is 0 Å². The molecule has 0 aliphatic carbocycles. The van der Waals surface area contributed by atoms with Crippen LogP contribution in [0.2, 0.25) is 0 Å². The molecular weight excluding hydrogens is 294 g/mol. The summed E-state index contributed by atoms with van der Waals surface area (Å²) in [5.41, 5.74) is 2.59. The first-order valence-electron chi connectivity index (χ1n) is 7.71. The lowest BCUT2D eigenvalue weighted by molar-refractivity contribution is 0.568. The predicted octanol–water partition coefficient (Wildman–Crippen LogP) is 5.07. The van der Waals surface area contributed by atoms with Crippen molar-refractivity contribution in [3.05, 3.63) is 70.3 Å². The van der Waals surface area contributed by atoms with Crippen LogP contribution in [0.5, 0.6) is 0 Å². The molecule has 0 bridgehead atoms. The Labute approximate surface area is 135 Å². The summed E-state index contributed by atoms with van der Waals surface area (Å²) < 4.78 is 26.8. The Morgan fingerprint density at radius 3 is 2.04 bits per heavy atom. The van der Waals surface area contributed by atoms with Gasteiger partial charge in [-0.2, -0.15) is 10.2 Å². The Hall–Kier alpha value is -2.36. The van der Waals surface area contributed by atoms with Gasteiger partial charge in [0.25, 0.3) is 0 Å². The Kier molecular flexibility index (Phi) is 6.15. The maximum absolute atomic E-state index is 13.4. The highest BCUT2D eigenvalue weighted by atomic mass is 19.1. The molecule has 2 aromatic carbocycles. The minimum Gasteiger partial charge on any atom is -0.207 e. The number of hydrogen-bond acceptors (Lipinski definition) is 2. The van der Waals surface area contributed by atoms with Crippen LogP contribution in [0.15, 0.2) is 46.6 Å². The third-order valence-corrected chi connectivity index (χ3v) is 3.58. The van der Waals surface area contributed by atoms with Gasteiger partial charge in [-0.3, -0.25) is 0 Å². The molecule has 0 aliphatic rings. The van der Waals surface area contributed by atoms with Gasteiger partial charge in [-0.25, -0.2) is 8.78 Å². The third kappa shape index (κ3) is 5.09. The molecule has 0 unspecified atom stereocenters. The zero-order chi connectivity index (χ0) is 16.7. The molecule has 120 valence electrons. The minimum absolute atomic E-state index is 0.00816. The fourth-order valence-electron chi connectivity index (χ4n) is 2.09. The zero-order valence-electron chi connectivity index (χ0n) is 13.4. The molecule has 0 aromatic heterocycles. The van der Waals surface area contributed by atoms with Crippen molar-refractivity contribution in [3.8, 4) is 0 Å². The second kappa shape index (κ2) is 8.32. The van der Waals surface area contributed by atoms with Gasteiger partial charge in [0.2, 0.25) is 0 Å². The van der Waals surface area contributed by atoms with Gasteiger partial charge in [0, 0.05) is 11.1 Å². The summed E-state index contributed by atoms with van der Waals surface area (Å²) in [5, 5.41) is 7.74. The van der Waals surface area contributed by atoms with E-state index in [-0.39, 0.29) is 5.56 Å². The van der Waals surface area contributed by atoms with Crippen LogP contribution in [0.4, 0.5) is 8.78 Å². The van der Waals surface area contributed by atoms with Crippen LogP contribution in [0, 0.1) is 18.6 Å². The molecule has 0 amide bonds. The van der Waals surface area contributed by atoms with Crippen LogP contribution in [0.3, 0.4) is 0 Å². The van der Waals surface area contributed by atoms with Gasteiger partial charge in [-0.1, -0.05) is 37.6 Å². The van der Waals surface area contributed by atoms with Gasteiger partial charge in [-0.05, 0) is 43.0 Å². The van der Waals surface area contributed by atoms with E-state index in [0.717, 1.165) is 12.0 Å². The number of aryl methyl sites for hydroxylation is 1. The molecule has 2 aromatic rings. The van der Waals surface area contributed by atoms with Crippen molar-refractivity contribution in [1.82, 2.24) is 0 Å². The van der Waals surface area contributed by atoms with E-state index in [1.807, 2.05) is 12.1 Å². The molecule has 0 atom stereocenters. The van der Waals surface area contributed by atoms with Crippen molar-refractivity contribution in [3.63, 3.8) is 0 Å². The molecule has 0 fully saturated rings. The quantitative estimate of drug-likeness (QED) is 0.525. The van der Waals surface area contributed by atoms with Gasteiger partial charge < -0.3 is 0 Å². The van der Waals surface area contributed by atoms with E-state index < -0.39 is 11.6 Å². The third-order valence-electron chi connectivity index (χ3n) is 3.58. The van der Waals surface area contributed by atoms with Crippen LogP contribution in [-0.4, -0.2) is 12.4 Å². The van der Waals surface area contributed by atoms with Crippen molar-refractivity contribution >= 4 is 12.4 Å². The second-order valence-electron chi connectivity index (χ2n) is 5.44. The monoisotopic (exact) mass is 314 g/mol. The lowest BCUT2D eigenvalue weighted by Gasteiger charge is -2.00. The molecule has 2 rings (SSSR count). The molecular formula is C19H20F2N2. The predicted molar refractivity (Wildman–Crippen MR) is 91.3 cm³/mol. The molecule has 0 N–H and O–H groups in total. The van der Waals surface area contributed by atoms with E-state index >= 15 is 0 Å². The summed E-state index contributed by atoms with van der Waals surface area (Å²) in [6.45, 7) is 3.57. The van der Waals surface area contributed by atoms with Crippen LogP contribution in [0.1, 0.15) is 42.0 Å². The minimum atomic E-state index is -0.585. The Bertz CT molecular complexity index is 681. The average Bonchev–Trinajstić information content (AvgIpc) is 2.55. The first-order valence-corrected chi connectivity index (χ1v) is 7.71. The van der Waals surface area contributed by atoms with Crippen molar-refractivity contribution in [2.45, 2.75) is 33.1 Å². The summed E-state index contributed by atoms with van der Waals surface area (Å²) in [7, 11) is 0. The van der Waals surface area contributed by atoms with Crippen LogP contribution in [-0.2, 0) is 6.42 Å². The standard InChI is InChI=1S/C19H20F2N2/c1-3-4-5-15-6-8-16(9-7-15)12-22-23-13-17-10-18(20)14(2)19(21)11-17/h6-13H,3-5H2,1-2H3. The Morgan fingerprint density at radius 1 is 0.913 bits per heavy atom. The summed E-state index contributed by atoms with van der Waals surface area (Å²) in [4.78, 5) is 0. The summed E-state index contributed by atoms with van der Waals surface area (Å²) in [6.07, 6.45) is 6.38. The fourth-order valence-corrected chi connectivity index (χ4v) is 2.09. The SMILES string of the molecule is CCCCc1ccc(C=NN=Cc2cc(F)c(C)c(F)c2)cc1. The number of hydrogen-bond donors (Lipinski definition) is 0. The maximum atomic E-state index is 13.4. The van der Waals surface area contributed by atoms with Crippen molar-refractivity contribution < 1.29 is 8.78 Å². The molecule has 0 spiro atoms. The van der Waals surface area contributed by atoms with E-state index in [4.69, 9.17) is 0 Å². The average molecular weight is 314 g/mol.